The number of carbonyl (C=O) groups excluding carboxylic acids is 1. The van der Waals surface area contributed by atoms with E-state index in [2.05, 4.69) is 16.0 Å². The lowest BCUT2D eigenvalue weighted by Crippen LogP contribution is -2.23. The number of rotatable bonds is 8. The number of anilines is 3. The zero-order valence-electron chi connectivity index (χ0n) is 18.3. The van der Waals surface area contributed by atoms with Gasteiger partial charge in [-0.1, -0.05) is 29.8 Å². The molecule has 0 spiro atoms. The van der Waals surface area contributed by atoms with Gasteiger partial charge in [-0.25, -0.2) is 4.79 Å². The molecule has 0 aliphatic heterocycles. The molecular formula is C24H22ClN3O4S2. The van der Waals surface area contributed by atoms with Gasteiger partial charge in [0.2, 0.25) is 5.91 Å². The van der Waals surface area contributed by atoms with E-state index in [1.807, 2.05) is 48.5 Å². The molecule has 1 amide bonds. The zero-order chi connectivity index (χ0) is 24.7. The largest absolute Gasteiger partial charge is 0.495 e. The third-order valence-corrected chi connectivity index (χ3v) is 6.23. The Bertz CT molecular complexity index is 1220. The first kappa shape index (κ1) is 25.4. The predicted molar refractivity (Wildman–Crippen MR) is 142 cm³/mol. The standard InChI is InChI=1S/C24H22ClN3O4S2/c1-14(22(29)27-20-12-15(23(30)31)10-11-18(20)25)34-17-7-5-6-16(13-17)26-24(33)28-19-8-3-4-9-21(19)32-2/h3-14H,1-2H3,(H,27,29)(H,30,31)(H2,26,28,33). The van der Waals surface area contributed by atoms with Gasteiger partial charge in [-0.05, 0) is 67.7 Å². The quantitative estimate of drug-likeness (QED) is 0.215. The fourth-order valence-electron chi connectivity index (χ4n) is 2.93. The minimum Gasteiger partial charge on any atom is -0.495 e. The van der Waals surface area contributed by atoms with Crippen molar-refractivity contribution in [1.29, 1.82) is 0 Å². The molecule has 0 saturated carbocycles. The van der Waals surface area contributed by atoms with E-state index in [-0.39, 0.29) is 22.2 Å². The molecule has 0 radical (unpaired) electrons. The number of thiocarbonyl (C=S) groups is 1. The molecule has 7 nitrogen and oxygen atoms in total. The van der Waals surface area contributed by atoms with Crippen molar-refractivity contribution in [2.75, 3.05) is 23.1 Å². The molecule has 3 aromatic carbocycles. The number of halogens is 1. The normalized spacial score (nSPS) is 11.3. The van der Waals surface area contributed by atoms with Gasteiger partial charge in [0.1, 0.15) is 5.75 Å². The van der Waals surface area contributed by atoms with Crippen LogP contribution in [0.2, 0.25) is 5.02 Å². The van der Waals surface area contributed by atoms with Crippen molar-refractivity contribution in [3.63, 3.8) is 0 Å². The molecule has 10 heteroatoms. The van der Waals surface area contributed by atoms with E-state index in [1.165, 1.54) is 30.0 Å². The lowest BCUT2D eigenvalue weighted by atomic mass is 10.2. The maximum Gasteiger partial charge on any atom is 0.335 e. The molecule has 0 heterocycles. The van der Waals surface area contributed by atoms with Crippen LogP contribution in [0.4, 0.5) is 17.1 Å². The first-order chi connectivity index (χ1) is 16.3. The fraction of sp³-hybridized carbons (Fsp3) is 0.125. The Morgan fingerprint density at radius 2 is 1.76 bits per heavy atom. The molecule has 1 atom stereocenters. The molecule has 0 aromatic heterocycles. The van der Waals surface area contributed by atoms with Crippen molar-refractivity contribution in [2.45, 2.75) is 17.1 Å². The van der Waals surface area contributed by atoms with E-state index < -0.39 is 11.2 Å². The number of hydrogen-bond acceptors (Lipinski definition) is 5. The van der Waals surface area contributed by atoms with Gasteiger partial charge in [-0.3, -0.25) is 4.79 Å². The number of carboxylic acid groups (broad SMARTS) is 1. The summed E-state index contributed by atoms with van der Waals surface area (Å²) in [5, 5.41) is 18.3. The van der Waals surface area contributed by atoms with Crippen molar-refractivity contribution in [3.8, 4) is 5.75 Å². The minimum atomic E-state index is -1.10. The Morgan fingerprint density at radius 1 is 1.00 bits per heavy atom. The number of carboxylic acids is 1. The van der Waals surface area contributed by atoms with Crippen molar-refractivity contribution in [3.05, 3.63) is 77.3 Å². The van der Waals surface area contributed by atoms with Crippen LogP contribution in [-0.2, 0) is 4.79 Å². The maximum atomic E-state index is 12.7. The molecule has 1 unspecified atom stereocenters. The van der Waals surface area contributed by atoms with Gasteiger partial charge >= 0.3 is 5.97 Å². The van der Waals surface area contributed by atoms with E-state index in [1.54, 1.807) is 14.0 Å². The molecule has 0 aliphatic carbocycles. The number of benzene rings is 3. The number of para-hydroxylation sites is 2. The summed E-state index contributed by atoms with van der Waals surface area (Å²) in [7, 11) is 1.59. The van der Waals surface area contributed by atoms with E-state index in [0.717, 1.165) is 16.3 Å². The molecule has 0 fully saturated rings. The van der Waals surface area contributed by atoms with Crippen LogP contribution in [-0.4, -0.2) is 34.5 Å². The number of methoxy groups -OCH3 is 1. The summed E-state index contributed by atoms with van der Waals surface area (Å²) in [6, 6.07) is 19.1. The van der Waals surface area contributed by atoms with Crippen LogP contribution in [0.3, 0.4) is 0 Å². The zero-order valence-corrected chi connectivity index (χ0v) is 20.7. The summed E-state index contributed by atoms with van der Waals surface area (Å²) in [5.41, 5.74) is 1.78. The van der Waals surface area contributed by atoms with E-state index >= 15 is 0 Å². The average molecular weight is 516 g/mol. The van der Waals surface area contributed by atoms with Gasteiger partial charge in [-0.2, -0.15) is 0 Å². The van der Waals surface area contributed by atoms with Crippen LogP contribution < -0.4 is 20.7 Å². The molecule has 4 N–H and O–H groups in total. The number of aromatic carboxylic acids is 1. The third-order valence-electron chi connectivity index (χ3n) is 4.60. The summed E-state index contributed by atoms with van der Waals surface area (Å²) in [5.74, 6) is -0.733. The lowest BCUT2D eigenvalue weighted by Gasteiger charge is -2.15. The van der Waals surface area contributed by atoms with Gasteiger partial charge in [0.05, 0.1) is 34.3 Å². The topological polar surface area (TPSA) is 99.7 Å². The molecular weight excluding hydrogens is 494 g/mol. The van der Waals surface area contributed by atoms with Crippen LogP contribution in [0.5, 0.6) is 5.75 Å². The second kappa shape index (κ2) is 11.7. The summed E-state index contributed by atoms with van der Waals surface area (Å²) >= 11 is 12.9. The Hall–Kier alpha value is -3.27. The van der Waals surface area contributed by atoms with E-state index in [4.69, 9.17) is 33.7 Å². The smallest absolute Gasteiger partial charge is 0.335 e. The van der Waals surface area contributed by atoms with Gasteiger partial charge < -0.3 is 25.8 Å². The molecule has 0 saturated heterocycles. The van der Waals surface area contributed by atoms with Crippen LogP contribution in [0.1, 0.15) is 17.3 Å². The highest BCUT2D eigenvalue weighted by molar-refractivity contribution is 8.00. The summed E-state index contributed by atoms with van der Waals surface area (Å²) in [4.78, 5) is 24.7. The number of nitrogens with one attached hydrogen (secondary N) is 3. The van der Waals surface area contributed by atoms with Gasteiger partial charge in [0.15, 0.2) is 5.11 Å². The molecule has 34 heavy (non-hydrogen) atoms. The first-order valence-corrected chi connectivity index (χ1v) is 11.7. The van der Waals surface area contributed by atoms with Gasteiger partial charge in [-0.15, -0.1) is 11.8 Å². The van der Waals surface area contributed by atoms with Crippen molar-refractivity contribution in [1.82, 2.24) is 0 Å². The van der Waals surface area contributed by atoms with Gasteiger partial charge in [0.25, 0.3) is 0 Å². The van der Waals surface area contributed by atoms with E-state index in [0.29, 0.717) is 10.9 Å². The third kappa shape index (κ3) is 6.86. The molecule has 3 aromatic rings. The summed E-state index contributed by atoms with van der Waals surface area (Å²) in [6.45, 7) is 1.75. The molecule has 3 rings (SSSR count). The first-order valence-electron chi connectivity index (χ1n) is 10.1. The Labute approximate surface area is 211 Å². The van der Waals surface area contributed by atoms with Crippen LogP contribution in [0.15, 0.2) is 71.6 Å². The second-order valence-corrected chi connectivity index (χ2v) is 9.29. The number of amides is 1. The number of carbonyl (C=O) groups is 2. The second-order valence-electron chi connectivity index (χ2n) is 7.06. The van der Waals surface area contributed by atoms with Crippen LogP contribution in [0.25, 0.3) is 0 Å². The van der Waals surface area contributed by atoms with Crippen molar-refractivity contribution in [2.24, 2.45) is 0 Å². The summed E-state index contributed by atoms with van der Waals surface area (Å²) < 4.78 is 5.32. The Kier molecular flexibility index (Phi) is 8.75. The molecule has 0 bridgehead atoms. The highest BCUT2D eigenvalue weighted by Crippen LogP contribution is 2.29. The van der Waals surface area contributed by atoms with Crippen molar-refractivity contribution >= 4 is 69.6 Å². The maximum absolute atomic E-state index is 12.7. The van der Waals surface area contributed by atoms with E-state index in [9.17, 15) is 9.59 Å². The highest BCUT2D eigenvalue weighted by Gasteiger charge is 2.17. The lowest BCUT2D eigenvalue weighted by molar-refractivity contribution is -0.115. The van der Waals surface area contributed by atoms with Crippen LogP contribution in [0, 0.1) is 0 Å². The average Bonchev–Trinajstić information content (AvgIpc) is 2.80. The highest BCUT2D eigenvalue weighted by atomic mass is 35.5. The van der Waals surface area contributed by atoms with Crippen LogP contribution >= 0.6 is 35.6 Å². The molecule has 0 aliphatic rings. The SMILES string of the molecule is COc1ccccc1NC(=S)Nc1cccc(SC(C)C(=O)Nc2cc(C(=O)O)ccc2Cl)c1. The Morgan fingerprint density at radius 3 is 2.50 bits per heavy atom. The Balaban J connectivity index is 1.62. The summed E-state index contributed by atoms with van der Waals surface area (Å²) in [6.07, 6.45) is 0. The number of thioether (sulfide) groups is 1. The predicted octanol–water partition coefficient (Wildman–Crippen LogP) is 5.98. The number of ether oxygens (including phenoxy) is 1. The number of hydrogen-bond donors (Lipinski definition) is 4. The monoisotopic (exact) mass is 515 g/mol. The molecule has 176 valence electrons. The fourth-order valence-corrected chi connectivity index (χ4v) is 4.24. The van der Waals surface area contributed by atoms with Crippen molar-refractivity contribution < 1.29 is 19.4 Å². The van der Waals surface area contributed by atoms with Gasteiger partial charge in [0, 0.05) is 10.6 Å². The minimum absolute atomic E-state index is 0.0384.